The van der Waals surface area contributed by atoms with Crippen LogP contribution in [0.3, 0.4) is 0 Å². The number of unbranched alkanes of at least 4 members (excludes halogenated alkanes) is 5. The summed E-state index contributed by atoms with van der Waals surface area (Å²) in [5.74, 6) is 0. The summed E-state index contributed by atoms with van der Waals surface area (Å²) in [6.45, 7) is 2.20. The summed E-state index contributed by atoms with van der Waals surface area (Å²) in [4.78, 5) is 0. The van der Waals surface area contributed by atoms with Gasteiger partial charge in [0, 0.05) is 35.8 Å². The third-order valence-corrected chi connectivity index (χ3v) is 1.52. The summed E-state index contributed by atoms with van der Waals surface area (Å²) in [6.07, 6.45) is 8.83. The molecule has 0 rings (SSSR count). The standard InChI is InChI=1S/C8H17NO.Na/c1-2-3-4-5-6-7-8-9-10;/h8,10H,2-7H2,1H3;. The van der Waals surface area contributed by atoms with E-state index in [4.69, 9.17) is 5.21 Å². The minimum absolute atomic E-state index is 0. The van der Waals surface area contributed by atoms with Crippen molar-refractivity contribution in [2.24, 2.45) is 5.16 Å². The van der Waals surface area contributed by atoms with Gasteiger partial charge in [-0.15, -0.1) is 5.16 Å². The zero-order valence-electron chi connectivity index (χ0n) is 7.71. The maximum Gasteiger partial charge on any atom is 0.0435 e. The molecule has 0 saturated heterocycles. The van der Waals surface area contributed by atoms with E-state index < -0.39 is 0 Å². The van der Waals surface area contributed by atoms with Crippen LogP contribution in [0, 0.1) is 0 Å². The van der Waals surface area contributed by atoms with Gasteiger partial charge in [-0.25, -0.2) is 0 Å². The van der Waals surface area contributed by atoms with Crippen LogP contribution in [0.1, 0.15) is 45.4 Å². The van der Waals surface area contributed by atoms with Crippen molar-refractivity contribution in [2.45, 2.75) is 45.4 Å². The van der Waals surface area contributed by atoms with Crippen LogP contribution in [0.2, 0.25) is 0 Å². The van der Waals surface area contributed by atoms with E-state index in [1.807, 2.05) is 0 Å². The minimum atomic E-state index is 0. The predicted molar refractivity (Wildman–Crippen MR) is 49.4 cm³/mol. The Bertz CT molecular complexity index is 86.2. The summed E-state index contributed by atoms with van der Waals surface area (Å²) in [6, 6.07) is 0. The summed E-state index contributed by atoms with van der Waals surface area (Å²) in [5, 5.41) is 11.0. The zero-order chi connectivity index (χ0) is 7.66. The Morgan fingerprint density at radius 3 is 2.36 bits per heavy atom. The molecule has 3 heteroatoms. The average Bonchev–Trinajstić information content (AvgIpc) is 1.97. The maximum absolute atomic E-state index is 8.04. The van der Waals surface area contributed by atoms with Crippen LogP contribution in [-0.2, 0) is 0 Å². The number of oxime groups is 1. The molecule has 2 nitrogen and oxygen atoms in total. The molecule has 0 atom stereocenters. The van der Waals surface area contributed by atoms with E-state index in [1.54, 1.807) is 6.21 Å². The molecule has 0 fully saturated rings. The normalized spacial score (nSPS) is 9.91. The van der Waals surface area contributed by atoms with Gasteiger partial charge >= 0.3 is 0 Å². The number of rotatable bonds is 6. The van der Waals surface area contributed by atoms with E-state index in [9.17, 15) is 0 Å². The van der Waals surface area contributed by atoms with E-state index in [0.717, 1.165) is 12.8 Å². The fraction of sp³-hybridized carbons (Fsp3) is 0.875. The van der Waals surface area contributed by atoms with Crippen molar-refractivity contribution in [3.05, 3.63) is 0 Å². The van der Waals surface area contributed by atoms with Gasteiger partial charge in [-0.1, -0.05) is 32.6 Å². The fourth-order valence-corrected chi connectivity index (χ4v) is 0.897. The van der Waals surface area contributed by atoms with E-state index in [1.165, 1.54) is 25.7 Å². The first-order chi connectivity index (χ1) is 4.91. The predicted octanol–water partition coefficient (Wildman–Crippen LogP) is 2.43. The van der Waals surface area contributed by atoms with Crippen LogP contribution in [0.5, 0.6) is 0 Å². The van der Waals surface area contributed by atoms with Gasteiger partial charge in [0.05, 0.1) is 0 Å². The van der Waals surface area contributed by atoms with E-state index in [-0.39, 0.29) is 29.6 Å². The molecule has 0 unspecified atom stereocenters. The largest absolute Gasteiger partial charge is 0.411 e. The van der Waals surface area contributed by atoms with Gasteiger partial charge in [0.2, 0.25) is 0 Å². The van der Waals surface area contributed by atoms with Gasteiger partial charge < -0.3 is 5.21 Å². The maximum atomic E-state index is 8.04. The Morgan fingerprint density at radius 2 is 1.82 bits per heavy atom. The Kier molecular flexibility index (Phi) is 16.7. The van der Waals surface area contributed by atoms with Crippen molar-refractivity contribution >= 4 is 35.8 Å². The quantitative estimate of drug-likeness (QED) is 0.212. The van der Waals surface area contributed by atoms with Crippen molar-refractivity contribution in [3.63, 3.8) is 0 Å². The van der Waals surface area contributed by atoms with Crippen LogP contribution >= 0.6 is 0 Å². The second-order valence-electron chi connectivity index (χ2n) is 2.50. The van der Waals surface area contributed by atoms with Gasteiger partial charge in [-0.2, -0.15) is 0 Å². The third kappa shape index (κ3) is 13.5. The third-order valence-electron chi connectivity index (χ3n) is 1.52. The molecule has 0 amide bonds. The van der Waals surface area contributed by atoms with E-state index in [0.29, 0.717) is 0 Å². The SMILES string of the molecule is CCCCCCCC=NO.[Na]. The summed E-state index contributed by atoms with van der Waals surface area (Å²) < 4.78 is 0. The molecule has 61 valence electrons. The van der Waals surface area contributed by atoms with Crippen LogP contribution in [-0.4, -0.2) is 41.0 Å². The first-order valence-corrected chi connectivity index (χ1v) is 4.07. The van der Waals surface area contributed by atoms with Crippen molar-refractivity contribution in [1.82, 2.24) is 0 Å². The molecule has 0 heterocycles. The Labute approximate surface area is 91.4 Å². The zero-order valence-corrected chi connectivity index (χ0v) is 9.71. The molecule has 0 aliphatic rings. The van der Waals surface area contributed by atoms with Gasteiger partial charge in [-0.3, -0.25) is 0 Å². The summed E-state index contributed by atoms with van der Waals surface area (Å²) in [7, 11) is 0. The summed E-state index contributed by atoms with van der Waals surface area (Å²) >= 11 is 0. The molecule has 0 aromatic heterocycles. The van der Waals surface area contributed by atoms with Crippen LogP contribution < -0.4 is 0 Å². The van der Waals surface area contributed by atoms with E-state index in [2.05, 4.69) is 12.1 Å². The number of hydrogen-bond donors (Lipinski definition) is 1. The molecule has 0 aromatic carbocycles. The molecule has 0 spiro atoms. The van der Waals surface area contributed by atoms with Crippen LogP contribution in [0.25, 0.3) is 0 Å². The molecule has 0 aromatic rings. The van der Waals surface area contributed by atoms with Crippen molar-refractivity contribution < 1.29 is 5.21 Å². The topological polar surface area (TPSA) is 32.6 Å². The minimum Gasteiger partial charge on any atom is -0.411 e. The summed E-state index contributed by atoms with van der Waals surface area (Å²) in [5.41, 5.74) is 0. The molecule has 11 heavy (non-hydrogen) atoms. The Morgan fingerprint density at radius 1 is 1.18 bits per heavy atom. The van der Waals surface area contributed by atoms with Gasteiger partial charge in [0.1, 0.15) is 0 Å². The molecular formula is C8H17NNaO. The first-order valence-electron chi connectivity index (χ1n) is 4.07. The van der Waals surface area contributed by atoms with Gasteiger partial charge in [-0.05, 0) is 12.8 Å². The van der Waals surface area contributed by atoms with Crippen LogP contribution in [0.4, 0.5) is 0 Å². The van der Waals surface area contributed by atoms with Crippen molar-refractivity contribution in [3.8, 4) is 0 Å². The van der Waals surface area contributed by atoms with E-state index >= 15 is 0 Å². The Balaban J connectivity index is 0. The number of hydrogen-bond acceptors (Lipinski definition) is 2. The molecule has 0 bridgehead atoms. The first kappa shape index (κ1) is 14.0. The van der Waals surface area contributed by atoms with Crippen molar-refractivity contribution in [2.75, 3.05) is 0 Å². The van der Waals surface area contributed by atoms with Crippen molar-refractivity contribution in [1.29, 1.82) is 0 Å². The molecule has 1 radical (unpaired) electrons. The monoisotopic (exact) mass is 166 g/mol. The molecule has 0 aliphatic carbocycles. The molecular weight excluding hydrogens is 149 g/mol. The van der Waals surface area contributed by atoms with Gasteiger partial charge in [0.25, 0.3) is 0 Å². The molecule has 0 saturated carbocycles. The second kappa shape index (κ2) is 13.1. The van der Waals surface area contributed by atoms with Gasteiger partial charge in [0.15, 0.2) is 0 Å². The Hall–Kier alpha value is 0.470. The average molecular weight is 166 g/mol. The van der Waals surface area contributed by atoms with Crippen LogP contribution in [0.15, 0.2) is 5.16 Å². The molecule has 0 aliphatic heterocycles. The number of nitrogens with zero attached hydrogens (tertiary/aromatic N) is 1. The second-order valence-corrected chi connectivity index (χ2v) is 2.50. The fourth-order valence-electron chi connectivity index (χ4n) is 0.897. The molecule has 1 N–H and O–H groups in total. The smallest absolute Gasteiger partial charge is 0.0435 e.